The lowest BCUT2D eigenvalue weighted by atomic mass is 10.1. The average Bonchev–Trinajstić information content (AvgIpc) is 2.45. The maximum absolute atomic E-state index is 11.9. The topological polar surface area (TPSA) is 29.1 Å². The minimum absolute atomic E-state index is 0.0730. The summed E-state index contributed by atoms with van der Waals surface area (Å²) in [4.78, 5) is 11.9. The van der Waals surface area contributed by atoms with Crippen LogP contribution in [0.4, 0.5) is 5.69 Å². The van der Waals surface area contributed by atoms with E-state index in [1.54, 1.807) is 0 Å². The Morgan fingerprint density at radius 1 is 1.10 bits per heavy atom. The highest BCUT2D eigenvalue weighted by atomic mass is 79.9. The molecule has 0 aliphatic rings. The van der Waals surface area contributed by atoms with E-state index >= 15 is 0 Å². The standard InChI is InChI=1S/C18H20BrNO/c1-13-6-8-15(9-7-13)4-3-5-18(21)20-16-10-11-17(19)14(2)12-16/h6-12H,3-5H2,1-2H3,(H,20,21). The lowest BCUT2D eigenvalue weighted by molar-refractivity contribution is -0.116. The van der Waals surface area contributed by atoms with Gasteiger partial charge in [0, 0.05) is 16.6 Å². The van der Waals surface area contributed by atoms with E-state index in [2.05, 4.69) is 52.4 Å². The van der Waals surface area contributed by atoms with E-state index in [-0.39, 0.29) is 5.91 Å². The molecule has 0 radical (unpaired) electrons. The smallest absolute Gasteiger partial charge is 0.224 e. The summed E-state index contributed by atoms with van der Waals surface area (Å²) in [5.41, 5.74) is 4.53. The molecule has 3 heteroatoms. The van der Waals surface area contributed by atoms with Crippen molar-refractivity contribution in [2.45, 2.75) is 33.1 Å². The second-order valence-corrected chi connectivity index (χ2v) is 6.21. The fraction of sp³-hybridized carbons (Fsp3) is 0.278. The summed E-state index contributed by atoms with van der Waals surface area (Å²) in [5, 5.41) is 2.95. The molecular weight excluding hydrogens is 326 g/mol. The van der Waals surface area contributed by atoms with Crippen LogP contribution in [0.2, 0.25) is 0 Å². The van der Waals surface area contributed by atoms with Crippen LogP contribution in [-0.4, -0.2) is 5.91 Å². The SMILES string of the molecule is Cc1ccc(CCCC(=O)Nc2ccc(Br)c(C)c2)cc1. The molecule has 1 amide bonds. The van der Waals surface area contributed by atoms with E-state index in [0.29, 0.717) is 6.42 Å². The maximum Gasteiger partial charge on any atom is 0.224 e. The number of halogens is 1. The van der Waals surface area contributed by atoms with Crippen LogP contribution < -0.4 is 5.32 Å². The lowest BCUT2D eigenvalue weighted by Crippen LogP contribution is -2.11. The third-order valence-corrected chi connectivity index (χ3v) is 4.32. The Balaban J connectivity index is 1.79. The fourth-order valence-corrected chi connectivity index (χ4v) is 2.40. The van der Waals surface area contributed by atoms with Crippen molar-refractivity contribution in [2.24, 2.45) is 0 Å². The Morgan fingerprint density at radius 2 is 1.81 bits per heavy atom. The fourth-order valence-electron chi connectivity index (χ4n) is 2.15. The molecule has 110 valence electrons. The van der Waals surface area contributed by atoms with Crippen molar-refractivity contribution in [1.29, 1.82) is 0 Å². The molecular formula is C18H20BrNO. The van der Waals surface area contributed by atoms with Gasteiger partial charge in [0.15, 0.2) is 0 Å². The first kappa shape index (κ1) is 15.8. The predicted molar refractivity (Wildman–Crippen MR) is 91.6 cm³/mol. The molecule has 0 fully saturated rings. The summed E-state index contributed by atoms with van der Waals surface area (Å²) in [6.07, 6.45) is 2.35. The van der Waals surface area contributed by atoms with Crippen molar-refractivity contribution in [2.75, 3.05) is 5.32 Å². The third kappa shape index (κ3) is 5.01. The number of carbonyl (C=O) groups is 1. The van der Waals surface area contributed by atoms with Crippen LogP contribution in [0.15, 0.2) is 46.9 Å². The van der Waals surface area contributed by atoms with Crippen molar-refractivity contribution in [3.8, 4) is 0 Å². The summed E-state index contributed by atoms with van der Waals surface area (Å²) in [7, 11) is 0. The van der Waals surface area contributed by atoms with Crippen LogP contribution in [0.1, 0.15) is 29.5 Å². The predicted octanol–water partition coefficient (Wildman–Crippen LogP) is 5.03. The minimum Gasteiger partial charge on any atom is -0.326 e. The molecule has 0 saturated carbocycles. The first-order valence-corrected chi connectivity index (χ1v) is 7.95. The third-order valence-electron chi connectivity index (χ3n) is 3.43. The first-order valence-electron chi connectivity index (χ1n) is 7.16. The van der Waals surface area contributed by atoms with Crippen molar-refractivity contribution in [3.63, 3.8) is 0 Å². The second-order valence-electron chi connectivity index (χ2n) is 5.35. The van der Waals surface area contributed by atoms with Gasteiger partial charge in [0.05, 0.1) is 0 Å². The van der Waals surface area contributed by atoms with Gasteiger partial charge in [0.2, 0.25) is 5.91 Å². The Morgan fingerprint density at radius 3 is 2.48 bits per heavy atom. The Hall–Kier alpha value is -1.61. The number of aryl methyl sites for hydroxylation is 3. The van der Waals surface area contributed by atoms with Gasteiger partial charge in [-0.25, -0.2) is 0 Å². The average molecular weight is 346 g/mol. The summed E-state index contributed by atoms with van der Waals surface area (Å²) in [5.74, 6) is 0.0730. The second kappa shape index (κ2) is 7.41. The quantitative estimate of drug-likeness (QED) is 0.809. The first-order chi connectivity index (χ1) is 10.0. The largest absolute Gasteiger partial charge is 0.326 e. The zero-order valence-corrected chi connectivity index (χ0v) is 14.0. The number of carbonyl (C=O) groups excluding carboxylic acids is 1. The highest BCUT2D eigenvalue weighted by Gasteiger charge is 2.04. The number of rotatable bonds is 5. The van der Waals surface area contributed by atoms with Gasteiger partial charge >= 0.3 is 0 Å². The van der Waals surface area contributed by atoms with E-state index in [1.165, 1.54) is 11.1 Å². The normalized spacial score (nSPS) is 10.4. The molecule has 21 heavy (non-hydrogen) atoms. The number of hydrogen-bond donors (Lipinski definition) is 1. The van der Waals surface area contributed by atoms with E-state index < -0.39 is 0 Å². The van der Waals surface area contributed by atoms with Gasteiger partial charge in [-0.1, -0.05) is 45.8 Å². The lowest BCUT2D eigenvalue weighted by Gasteiger charge is -2.07. The summed E-state index contributed by atoms with van der Waals surface area (Å²) in [6, 6.07) is 14.3. The molecule has 0 aliphatic carbocycles. The number of benzene rings is 2. The summed E-state index contributed by atoms with van der Waals surface area (Å²) in [6.45, 7) is 4.09. The molecule has 1 N–H and O–H groups in total. The maximum atomic E-state index is 11.9. The van der Waals surface area contributed by atoms with E-state index in [9.17, 15) is 4.79 Å². The number of hydrogen-bond acceptors (Lipinski definition) is 1. The van der Waals surface area contributed by atoms with Gasteiger partial charge in [0.1, 0.15) is 0 Å². The molecule has 2 nitrogen and oxygen atoms in total. The number of anilines is 1. The van der Waals surface area contributed by atoms with Gasteiger partial charge in [-0.05, 0) is 56.0 Å². The van der Waals surface area contributed by atoms with Crippen molar-refractivity contribution < 1.29 is 4.79 Å². The molecule has 0 aliphatic heterocycles. The summed E-state index contributed by atoms with van der Waals surface area (Å²) >= 11 is 3.46. The Kier molecular flexibility index (Phi) is 5.57. The Bertz CT molecular complexity index is 620. The summed E-state index contributed by atoms with van der Waals surface area (Å²) < 4.78 is 1.06. The minimum atomic E-state index is 0.0730. The van der Waals surface area contributed by atoms with Gasteiger partial charge in [-0.2, -0.15) is 0 Å². The van der Waals surface area contributed by atoms with Crippen LogP contribution in [-0.2, 0) is 11.2 Å². The Labute approximate surface area is 134 Å². The van der Waals surface area contributed by atoms with Crippen LogP contribution in [0.25, 0.3) is 0 Å². The zero-order valence-electron chi connectivity index (χ0n) is 12.4. The molecule has 0 spiro atoms. The molecule has 0 heterocycles. The molecule has 2 rings (SSSR count). The van der Waals surface area contributed by atoms with E-state index in [1.807, 2.05) is 25.1 Å². The highest BCUT2D eigenvalue weighted by molar-refractivity contribution is 9.10. The molecule has 2 aromatic carbocycles. The van der Waals surface area contributed by atoms with Gasteiger partial charge < -0.3 is 5.32 Å². The monoisotopic (exact) mass is 345 g/mol. The van der Waals surface area contributed by atoms with Crippen LogP contribution in [0.3, 0.4) is 0 Å². The van der Waals surface area contributed by atoms with Crippen LogP contribution in [0.5, 0.6) is 0 Å². The van der Waals surface area contributed by atoms with E-state index in [4.69, 9.17) is 0 Å². The molecule has 0 unspecified atom stereocenters. The zero-order chi connectivity index (χ0) is 15.2. The van der Waals surface area contributed by atoms with Crippen molar-refractivity contribution in [1.82, 2.24) is 0 Å². The van der Waals surface area contributed by atoms with Gasteiger partial charge in [-0.15, -0.1) is 0 Å². The van der Waals surface area contributed by atoms with Gasteiger partial charge in [-0.3, -0.25) is 4.79 Å². The van der Waals surface area contributed by atoms with Crippen molar-refractivity contribution >= 4 is 27.5 Å². The van der Waals surface area contributed by atoms with Gasteiger partial charge in [0.25, 0.3) is 0 Å². The molecule has 0 bridgehead atoms. The molecule has 0 saturated heterocycles. The number of nitrogens with one attached hydrogen (secondary N) is 1. The number of amides is 1. The molecule has 0 aromatic heterocycles. The highest BCUT2D eigenvalue weighted by Crippen LogP contribution is 2.20. The van der Waals surface area contributed by atoms with Crippen LogP contribution in [0, 0.1) is 13.8 Å². The van der Waals surface area contributed by atoms with E-state index in [0.717, 1.165) is 28.6 Å². The molecule has 2 aromatic rings. The van der Waals surface area contributed by atoms with Crippen LogP contribution >= 0.6 is 15.9 Å². The molecule has 0 atom stereocenters. The van der Waals surface area contributed by atoms with Crippen molar-refractivity contribution in [3.05, 3.63) is 63.6 Å².